The van der Waals surface area contributed by atoms with Crippen LogP contribution in [0.3, 0.4) is 0 Å². The summed E-state index contributed by atoms with van der Waals surface area (Å²) in [5.41, 5.74) is 5.19. The van der Waals surface area contributed by atoms with Crippen molar-refractivity contribution in [2.75, 3.05) is 13.7 Å². The van der Waals surface area contributed by atoms with Crippen molar-refractivity contribution in [3.05, 3.63) is 0 Å². The largest absolute Gasteiger partial charge is 0.378 e. The van der Waals surface area contributed by atoms with Gasteiger partial charge in [-0.3, -0.25) is 4.79 Å². The van der Waals surface area contributed by atoms with Crippen LogP contribution in [0.4, 0.5) is 0 Å². The number of rotatable bonds is 8. The Balaban J connectivity index is 3.63. The highest BCUT2D eigenvalue weighted by molar-refractivity contribution is 5.79. The average Bonchev–Trinajstić information content (AvgIpc) is 2.10. The lowest BCUT2D eigenvalue weighted by Gasteiger charge is -2.17. The van der Waals surface area contributed by atoms with E-state index in [4.69, 9.17) is 10.5 Å². The first-order chi connectivity index (χ1) is 6.97. The van der Waals surface area contributed by atoms with Gasteiger partial charge >= 0.3 is 0 Å². The second-order valence-electron chi connectivity index (χ2n) is 4.34. The molecule has 0 aromatic heterocycles. The molecule has 0 aromatic rings. The molecule has 1 amide bonds. The number of primary amides is 1. The molecule has 0 aromatic carbocycles. The molecule has 0 fully saturated rings. The first kappa shape index (κ1) is 14.4. The van der Waals surface area contributed by atoms with Crippen LogP contribution in [-0.2, 0) is 9.53 Å². The van der Waals surface area contributed by atoms with Gasteiger partial charge in [0.2, 0.25) is 5.91 Å². The predicted molar refractivity (Wildman–Crippen MR) is 61.5 cm³/mol. The van der Waals surface area contributed by atoms with Gasteiger partial charge in [0.1, 0.15) is 0 Å². The Morgan fingerprint density at radius 2 is 2.00 bits per heavy atom. The molecular formula is C11H24N2O2. The summed E-state index contributed by atoms with van der Waals surface area (Å²) in [7, 11) is 1.73. The minimum Gasteiger partial charge on any atom is -0.378 e. The van der Waals surface area contributed by atoms with Crippen molar-refractivity contribution < 1.29 is 9.53 Å². The van der Waals surface area contributed by atoms with Crippen LogP contribution in [-0.4, -0.2) is 31.7 Å². The number of ether oxygens (including phenoxy) is 1. The summed E-state index contributed by atoms with van der Waals surface area (Å²) in [6.07, 6.45) is 1.92. The minimum atomic E-state index is -0.322. The number of amides is 1. The second-order valence-corrected chi connectivity index (χ2v) is 4.34. The lowest BCUT2D eigenvalue weighted by Crippen LogP contribution is -2.40. The minimum absolute atomic E-state index is 0.246. The van der Waals surface area contributed by atoms with E-state index in [1.807, 2.05) is 0 Å². The van der Waals surface area contributed by atoms with Crippen molar-refractivity contribution in [3.63, 3.8) is 0 Å². The summed E-state index contributed by atoms with van der Waals surface area (Å²) in [6, 6.07) is -0.281. The Morgan fingerprint density at radius 3 is 2.40 bits per heavy atom. The van der Waals surface area contributed by atoms with E-state index in [1.54, 1.807) is 7.05 Å². The fourth-order valence-corrected chi connectivity index (χ4v) is 1.55. The molecule has 0 rings (SSSR count). The fourth-order valence-electron chi connectivity index (χ4n) is 1.55. The second kappa shape index (κ2) is 7.65. The molecule has 4 nitrogen and oxygen atoms in total. The summed E-state index contributed by atoms with van der Waals surface area (Å²) in [5, 5.41) is 2.86. The van der Waals surface area contributed by atoms with Gasteiger partial charge in [-0.25, -0.2) is 0 Å². The molecule has 2 atom stereocenters. The van der Waals surface area contributed by atoms with Crippen molar-refractivity contribution >= 4 is 5.91 Å². The van der Waals surface area contributed by atoms with Crippen LogP contribution in [0.15, 0.2) is 0 Å². The molecule has 15 heavy (non-hydrogen) atoms. The molecule has 90 valence electrons. The van der Waals surface area contributed by atoms with Gasteiger partial charge in [-0.05, 0) is 32.7 Å². The van der Waals surface area contributed by atoms with E-state index in [-0.39, 0.29) is 18.1 Å². The Morgan fingerprint density at radius 1 is 1.40 bits per heavy atom. The molecule has 4 heteroatoms. The lowest BCUT2D eigenvalue weighted by atomic mass is 10.1. The smallest absolute Gasteiger partial charge is 0.234 e. The maximum absolute atomic E-state index is 10.9. The molecule has 0 radical (unpaired) electrons. The number of hydrogen-bond acceptors (Lipinski definition) is 3. The van der Waals surface area contributed by atoms with Gasteiger partial charge in [0.15, 0.2) is 0 Å². The topological polar surface area (TPSA) is 64.3 Å². The normalized spacial score (nSPS) is 15.3. The van der Waals surface area contributed by atoms with Crippen molar-refractivity contribution in [2.24, 2.45) is 11.7 Å². The quantitative estimate of drug-likeness (QED) is 0.633. The van der Waals surface area contributed by atoms with E-state index in [2.05, 4.69) is 26.1 Å². The van der Waals surface area contributed by atoms with Gasteiger partial charge in [-0.1, -0.05) is 13.8 Å². The molecule has 0 saturated heterocycles. The Hall–Kier alpha value is -0.610. The van der Waals surface area contributed by atoms with Crippen molar-refractivity contribution in [1.82, 2.24) is 5.32 Å². The van der Waals surface area contributed by atoms with Crippen LogP contribution in [0.2, 0.25) is 0 Å². The maximum atomic E-state index is 10.9. The molecule has 3 N–H and O–H groups in total. The summed E-state index contributed by atoms with van der Waals surface area (Å²) in [6.45, 7) is 6.96. The van der Waals surface area contributed by atoms with Crippen molar-refractivity contribution in [2.45, 2.75) is 45.8 Å². The number of likely N-dealkylation sites (N-methyl/N-ethyl adjacent to an activating group) is 1. The number of hydrogen-bond donors (Lipinski definition) is 2. The average molecular weight is 216 g/mol. The SMILES string of the molecule is CNC(CCOC(C)CC(C)C)C(N)=O. The third-order valence-electron chi connectivity index (χ3n) is 2.30. The molecule has 0 saturated carbocycles. The maximum Gasteiger partial charge on any atom is 0.234 e. The highest BCUT2D eigenvalue weighted by Crippen LogP contribution is 2.08. The third kappa shape index (κ3) is 7.33. The molecular weight excluding hydrogens is 192 g/mol. The van der Waals surface area contributed by atoms with E-state index >= 15 is 0 Å². The Labute approximate surface area is 92.6 Å². The van der Waals surface area contributed by atoms with Crippen molar-refractivity contribution in [1.29, 1.82) is 0 Å². The predicted octanol–water partition coefficient (Wildman–Crippen LogP) is 0.901. The Kier molecular flexibility index (Phi) is 7.34. The van der Waals surface area contributed by atoms with E-state index in [1.165, 1.54) is 0 Å². The molecule has 0 spiro atoms. The summed E-state index contributed by atoms with van der Waals surface area (Å²) < 4.78 is 5.59. The third-order valence-corrected chi connectivity index (χ3v) is 2.30. The zero-order valence-electron chi connectivity index (χ0n) is 10.2. The summed E-state index contributed by atoms with van der Waals surface area (Å²) in [4.78, 5) is 10.9. The fraction of sp³-hybridized carbons (Fsp3) is 0.909. The van der Waals surface area contributed by atoms with Gasteiger partial charge in [0.25, 0.3) is 0 Å². The number of nitrogens with one attached hydrogen (secondary N) is 1. The van der Waals surface area contributed by atoms with Gasteiger partial charge in [-0.15, -0.1) is 0 Å². The van der Waals surface area contributed by atoms with Crippen molar-refractivity contribution in [3.8, 4) is 0 Å². The molecule has 0 aliphatic rings. The molecule has 0 bridgehead atoms. The highest BCUT2D eigenvalue weighted by atomic mass is 16.5. The zero-order chi connectivity index (χ0) is 11.8. The van der Waals surface area contributed by atoms with Gasteiger partial charge in [-0.2, -0.15) is 0 Å². The van der Waals surface area contributed by atoms with Crippen LogP contribution in [0, 0.1) is 5.92 Å². The summed E-state index contributed by atoms with van der Waals surface area (Å²) >= 11 is 0. The molecule has 0 aliphatic heterocycles. The monoisotopic (exact) mass is 216 g/mol. The van der Waals surface area contributed by atoms with Gasteiger partial charge in [0.05, 0.1) is 12.1 Å². The highest BCUT2D eigenvalue weighted by Gasteiger charge is 2.13. The van der Waals surface area contributed by atoms with Gasteiger partial charge in [0, 0.05) is 6.61 Å². The van der Waals surface area contributed by atoms with Crippen LogP contribution in [0.1, 0.15) is 33.6 Å². The number of carbonyl (C=O) groups is 1. The first-order valence-corrected chi connectivity index (χ1v) is 5.55. The van der Waals surface area contributed by atoms with Crippen LogP contribution >= 0.6 is 0 Å². The molecule has 0 aliphatic carbocycles. The van der Waals surface area contributed by atoms with Crippen LogP contribution in [0.25, 0.3) is 0 Å². The van der Waals surface area contributed by atoms with Crippen LogP contribution < -0.4 is 11.1 Å². The van der Waals surface area contributed by atoms with Gasteiger partial charge < -0.3 is 15.8 Å². The molecule has 2 unspecified atom stereocenters. The van der Waals surface area contributed by atoms with E-state index in [9.17, 15) is 4.79 Å². The number of carbonyl (C=O) groups excluding carboxylic acids is 1. The van der Waals surface area contributed by atoms with E-state index < -0.39 is 0 Å². The number of nitrogens with two attached hydrogens (primary N) is 1. The summed E-state index contributed by atoms with van der Waals surface area (Å²) in [5.74, 6) is 0.314. The lowest BCUT2D eigenvalue weighted by molar-refractivity contribution is -0.120. The zero-order valence-corrected chi connectivity index (χ0v) is 10.2. The molecule has 0 heterocycles. The standard InChI is InChI=1S/C11H24N2O2/c1-8(2)7-9(3)15-6-5-10(13-4)11(12)14/h8-10,13H,5-7H2,1-4H3,(H2,12,14). The van der Waals surface area contributed by atoms with E-state index in [0.717, 1.165) is 6.42 Å². The van der Waals surface area contributed by atoms with Crippen LogP contribution in [0.5, 0.6) is 0 Å². The Bertz CT molecular complexity index is 183. The van der Waals surface area contributed by atoms with E-state index in [0.29, 0.717) is 18.9 Å². The first-order valence-electron chi connectivity index (χ1n) is 5.55.